The van der Waals surface area contributed by atoms with Crippen LogP contribution >= 0.6 is 12.2 Å². The van der Waals surface area contributed by atoms with Gasteiger partial charge in [0.2, 0.25) is 11.0 Å². The largest absolute Gasteiger partial charge is 0.493 e. The lowest BCUT2D eigenvalue weighted by atomic mass is 10.2. The van der Waals surface area contributed by atoms with Gasteiger partial charge in [0.1, 0.15) is 0 Å². The number of para-hydroxylation sites is 1. The molecule has 1 fully saturated rings. The molecule has 0 amide bonds. The predicted molar refractivity (Wildman–Crippen MR) is 111 cm³/mol. The van der Waals surface area contributed by atoms with Crippen molar-refractivity contribution < 1.29 is 9.84 Å². The van der Waals surface area contributed by atoms with Gasteiger partial charge in [-0.15, -0.1) is 10.2 Å². The third-order valence-electron chi connectivity index (χ3n) is 4.51. The molecule has 2 heterocycles. The monoisotopic (exact) mass is 389 g/mol. The zero-order valence-corrected chi connectivity index (χ0v) is 16.7. The summed E-state index contributed by atoms with van der Waals surface area (Å²) >= 11 is 5.26. The highest BCUT2D eigenvalue weighted by molar-refractivity contribution is 7.80. The zero-order valence-electron chi connectivity index (χ0n) is 15.9. The van der Waals surface area contributed by atoms with Gasteiger partial charge < -0.3 is 19.7 Å². The van der Waals surface area contributed by atoms with Gasteiger partial charge in [-0.25, -0.2) is 0 Å². The van der Waals surface area contributed by atoms with Gasteiger partial charge in [-0.2, -0.15) is 0 Å². The van der Waals surface area contributed by atoms with Gasteiger partial charge in [0.05, 0.1) is 18.7 Å². The summed E-state index contributed by atoms with van der Waals surface area (Å²) in [6.07, 6.45) is 0. The Kier molecular flexibility index (Phi) is 6.76. The average molecular weight is 390 g/mol. The van der Waals surface area contributed by atoms with Gasteiger partial charge in [0.25, 0.3) is 0 Å². The Morgan fingerprint density at radius 3 is 2.78 bits per heavy atom. The van der Waals surface area contributed by atoms with Crippen LogP contribution in [-0.4, -0.2) is 59.1 Å². The smallest absolute Gasteiger partial charge is 0.220 e. The number of fused-ring (bicyclic) bond motifs is 1. The van der Waals surface area contributed by atoms with Crippen LogP contribution in [-0.2, 0) is 11.3 Å². The van der Waals surface area contributed by atoms with E-state index in [4.69, 9.17) is 17.0 Å². The van der Waals surface area contributed by atoms with Gasteiger partial charge >= 0.3 is 0 Å². The number of nitrogens with one attached hydrogen (secondary N) is 1. The minimum atomic E-state index is 0.129. The van der Waals surface area contributed by atoms with Crippen molar-refractivity contribution in [1.82, 2.24) is 14.8 Å². The quantitative estimate of drug-likeness (QED) is 0.586. The Bertz CT molecular complexity index is 812. The van der Waals surface area contributed by atoms with Crippen LogP contribution in [0.25, 0.3) is 10.9 Å². The number of aromatic hydroxyl groups is 1. The highest BCUT2D eigenvalue weighted by atomic mass is 32.1. The molecule has 0 saturated carbocycles. The normalized spacial score (nSPS) is 15.8. The van der Waals surface area contributed by atoms with E-state index in [2.05, 4.69) is 34.3 Å². The van der Waals surface area contributed by atoms with Gasteiger partial charge in [-0.1, -0.05) is 32.0 Å². The third-order valence-corrected chi connectivity index (χ3v) is 4.74. The maximum atomic E-state index is 10.6. The number of aromatic nitrogens is 1. The second-order valence-corrected chi connectivity index (χ2v) is 7.47. The van der Waals surface area contributed by atoms with Crippen molar-refractivity contribution in [1.29, 1.82) is 0 Å². The third kappa shape index (κ3) is 5.03. The van der Waals surface area contributed by atoms with E-state index in [-0.39, 0.29) is 5.88 Å². The molecule has 0 unspecified atom stereocenters. The highest BCUT2D eigenvalue weighted by Crippen LogP contribution is 2.39. The van der Waals surface area contributed by atoms with Crippen LogP contribution in [0, 0.1) is 5.92 Å². The van der Waals surface area contributed by atoms with Gasteiger partial charge in [-0.05, 0) is 24.2 Å². The molecule has 0 atom stereocenters. The summed E-state index contributed by atoms with van der Waals surface area (Å²) < 4.78 is 7.22. The molecule has 2 aromatic rings. The molecule has 1 saturated heterocycles. The van der Waals surface area contributed by atoms with E-state index >= 15 is 0 Å². The van der Waals surface area contributed by atoms with Crippen LogP contribution in [0.2, 0.25) is 0 Å². The van der Waals surface area contributed by atoms with Crippen LogP contribution in [0.5, 0.6) is 5.88 Å². The minimum Gasteiger partial charge on any atom is -0.493 e. The standard InChI is InChI=1S/C19H27N5O2S/c1-14(2)13-24-16-6-4-3-5-15(16)17(18(24)25)21-22-19(27)20-7-8-23-9-11-26-12-10-23/h3-6,14,25H,7-13H2,1-2H3,(H,20,27). The van der Waals surface area contributed by atoms with Crippen LogP contribution in [0.3, 0.4) is 0 Å². The molecule has 7 nitrogen and oxygen atoms in total. The maximum Gasteiger partial charge on any atom is 0.220 e. The van der Waals surface area contributed by atoms with Crippen LogP contribution in [0.1, 0.15) is 13.8 Å². The summed E-state index contributed by atoms with van der Waals surface area (Å²) in [4.78, 5) is 2.32. The molecule has 1 aliphatic rings. The Balaban J connectivity index is 1.66. The van der Waals surface area contributed by atoms with Crippen molar-refractivity contribution in [3.8, 4) is 5.88 Å². The summed E-state index contributed by atoms with van der Waals surface area (Å²) in [5.41, 5.74) is 1.41. The maximum absolute atomic E-state index is 10.6. The summed E-state index contributed by atoms with van der Waals surface area (Å²) in [6, 6.07) is 7.81. The Morgan fingerprint density at radius 2 is 2.04 bits per heavy atom. The number of azo groups is 1. The van der Waals surface area contributed by atoms with E-state index in [1.807, 2.05) is 28.8 Å². The van der Waals surface area contributed by atoms with E-state index in [1.165, 1.54) is 0 Å². The summed E-state index contributed by atoms with van der Waals surface area (Å²) in [7, 11) is 0. The molecular formula is C19H27N5O2S. The van der Waals surface area contributed by atoms with Crippen molar-refractivity contribution in [3.63, 3.8) is 0 Å². The topological polar surface area (TPSA) is 74.4 Å². The van der Waals surface area contributed by atoms with E-state index in [0.29, 0.717) is 29.8 Å². The number of nitrogens with zero attached hydrogens (tertiary/aromatic N) is 4. The first-order valence-electron chi connectivity index (χ1n) is 9.36. The molecule has 2 N–H and O–H groups in total. The first-order chi connectivity index (χ1) is 13.1. The van der Waals surface area contributed by atoms with Crippen molar-refractivity contribution in [2.45, 2.75) is 20.4 Å². The number of hydrogen-bond donors (Lipinski definition) is 2. The van der Waals surface area contributed by atoms with Gasteiger partial charge in [0.15, 0.2) is 5.69 Å². The van der Waals surface area contributed by atoms with E-state index in [9.17, 15) is 5.11 Å². The molecule has 0 spiro atoms. The SMILES string of the molecule is CC(C)Cn1c(O)c(N=NC(=S)NCCN2CCOCC2)c2ccccc21. The lowest BCUT2D eigenvalue weighted by Gasteiger charge is -2.26. The minimum absolute atomic E-state index is 0.129. The van der Waals surface area contributed by atoms with Crippen molar-refractivity contribution in [2.24, 2.45) is 16.1 Å². The van der Waals surface area contributed by atoms with Crippen molar-refractivity contribution in [3.05, 3.63) is 24.3 Å². The number of hydrogen-bond acceptors (Lipinski definition) is 5. The number of benzene rings is 1. The molecule has 1 aromatic carbocycles. The van der Waals surface area contributed by atoms with Crippen LogP contribution in [0.4, 0.5) is 5.69 Å². The first kappa shape index (κ1) is 19.7. The van der Waals surface area contributed by atoms with Crippen LogP contribution < -0.4 is 5.32 Å². The Hall–Kier alpha value is -2.03. The number of morpholine rings is 1. The van der Waals surface area contributed by atoms with Crippen molar-refractivity contribution in [2.75, 3.05) is 39.4 Å². The number of thiocarbonyl (C=S) groups is 1. The lowest BCUT2D eigenvalue weighted by Crippen LogP contribution is -2.40. The molecule has 1 aromatic heterocycles. The van der Waals surface area contributed by atoms with E-state index in [0.717, 1.165) is 43.8 Å². The molecule has 146 valence electrons. The fraction of sp³-hybridized carbons (Fsp3) is 0.526. The Labute approximate surface area is 165 Å². The number of rotatable bonds is 6. The summed E-state index contributed by atoms with van der Waals surface area (Å²) in [6.45, 7) is 9.99. The molecule has 0 aliphatic carbocycles. The second kappa shape index (κ2) is 9.25. The van der Waals surface area contributed by atoms with Crippen molar-refractivity contribution >= 4 is 33.9 Å². The molecule has 8 heteroatoms. The Morgan fingerprint density at radius 1 is 1.30 bits per heavy atom. The molecule has 1 aliphatic heterocycles. The van der Waals surface area contributed by atoms with Crippen LogP contribution in [0.15, 0.2) is 34.5 Å². The molecule has 3 rings (SSSR count). The molecule has 0 radical (unpaired) electrons. The fourth-order valence-electron chi connectivity index (χ4n) is 3.20. The number of ether oxygens (including phenoxy) is 1. The highest BCUT2D eigenvalue weighted by Gasteiger charge is 2.17. The van der Waals surface area contributed by atoms with Gasteiger partial charge in [-0.3, -0.25) is 4.90 Å². The first-order valence-corrected chi connectivity index (χ1v) is 9.77. The average Bonchev–Trinajstić information content (AvgIpc) is 2.92. The van der Waals surface area contributed by atoms with E-state index < -0.39 is 0 Å². The second-order valence-electron chi connectivity index (χ2n) is 7.08. The summed E-state index contributed by atoms with van der Waals surface area (Å²) in [5, 5.41) is 23.3. The van der Waals surface area contributed by atoms with Gasteiger partial charge in [0, 0.05) is 38.1 Å². The molecule has 0 bridgehead atoms. The lowest BCUT2D eigenvalue weighted by molar-refractivity contribution is 0.0389. The van der Waals surface area contributed by atoms with E-state index in [1.54, 1.807) is 0 Å². The zero-order chi connectivity index (χ0) is 19.2. The molecule has 27 heavy (non-hydrogen) atoms. The predicted octanol–water partition coefficient (Wildman–Crippen LogP) is 3.29. The fourth-order valence-corrected chi connectivity index (χ4v) is 3.34. The summed E-state index contributed by atoms with van der Waals surface area (Å²) in [5.74, 6) is 0.532. The molecular weight excluding hydrogens is 362 g/mol.